The van der Waals surface area contributed by atoms with Crippen LogP contribution < -0.4 is 14.0 Å². The van der Waals surface area contributed by atoms with Crippen LogP contribution in [0.2, 0.25) is 0 Å². The summed E-state index contributed by atoms with van der Waals surface area (Å²) in [6.07, 6.45) is 0. The molecule has 0 amide bonds. The molecule has 0 saturated carbocycles. The van der Waals surface area contributed by atoms with Crippen molar-refractivity contribution >= 4 is 7.32 Å². The van der Waals surface area contributed by atoms with E-state index >= 15 is 0 Å². The average Bonchev–Trinajstić information content (AvgIpc) is 2.64. The minimum Gasteiger partial charge on any atom is -0.489 e. The van der Waals surface area contributed by atoms with E-state index in [-0.39, 0.29) is 17.2 Å². The summed E-state index contributed by atoms with van der Waals surface area (Å²) >= 11 is 0. The third kappa shape index (κ3) is 4.70. The molecule has 3 nitrogen and oxygen atoms in total. The Kier molecular flexibility index (Phi) is 5.67. The zero-order valence-electron chi connectivity index (χ0n) is 13.8. The van der Waals surface area contributed by atoms with E-state index in [4.69, 9.17) is 14.0 Å². The van der Waals surface area contributed by atoms with E-state index in [0.29, 0.717) is 18.2 Å². The van der Waals surface area contributed by atoms with Crippen LogP contribution in [0.15, 0.2) is 54.6 Å². The van der Waals surface area contributed by atoms with Gasteiger partial charge in [0.2, 0.25) is 0 Å². The third-order valence-electron chi connectivity index (χ3n) is 3.37. The molecule has 0 aliphatic heterocycles. The molecule has 0 aliphatic rings. The lowest BCUT2D eigenvalue weighted by Gasteiger charge is -2.17. The van der Waals surface area contributed by atoms with Gasteiger partial charge in [0.05, 0.1) is 0 Å². The Bertz CT molecular complexity index is 874. The van der Waals surface area contributed by atoms with Crippen molar-refractivity contribution in [1.29, 1.82) is 0 Å². The molecule has 0 bridgehead atoms. The van der Waals surface area contributed by atoms with Crippen molar-refractivity contribution < 1.29 is 40.3 Å². The zero-order valence-corrected chi connectivity index (χ0v) is 13.8. The molecule has 3 aromatic carbocycles. The summed E-state index contributed by atoms with van der Waals surface area (Å²) in [5.74, 6) is -7.80. The van der Waals surface area contributed by atoms with Gasteiger partial charge in [-0.15, -0.1) is 0 Å². The van der Waals surface area contributed by atoms with Crippen LogP contribution in [-0.4, -0.2) is 7.32 Å². The van der Waals surface area contributed by atoms with Crippen LogP contribution >= 0.6 is 0 Å². The Labute approximate surface area is 155 Å². The molecule has 0 saturated heterocycles. The maximum Gasteiger partial charge on any atom is 0.864 e. The first kappa shape index (κ1) is 19.5. The molecule has 0 fully saturated rings. The Morgan fingerprint density at radius 3 is 0.964 bits per heavy atom. The highest BCUT2D eigenvalue weighted by atomic mass is 19.2. The van der Waals surface area contributed by atoms with E-state index < -0.39 is 42.2 Å². The minimum absolute atomic E-state index is 0.242. The van der Waals surface area contributed by atoms with Crippen LogP contribution in [0.5, 0.6) is 17.2 Å². The van der Waals surface area contributed by atoms with Gasteiger partial charge in [-0.25, -0.2) is 26.3 Å². The van der Waals surface area contributed by atoms with Crippen LogP contribution in [0.1, 0.15) is 0 Å². The van der Waals surface area contributed by atoms with Crippen molar-refractivity contribution in [2.45, 2.75) is 0 Å². The summed E-state index contributed by atoms with van der Waals surface area (Å²) in [6, 6.07) is 7.53. The Hall–Kier alpha value is -3.30. The molecule has 28 heavy (non-hydrogen) atoms. The van der Waals surface area contributed by atoms with E-state index in [2.05, 4.69) is 0 Å². The Morgan fingerprint density at radius 1 is 0.429 bits per heavy atom. The van der Waals surface area contributed by atoms with E-state index in [1.165, 1.54) is 0 Å². The van der Waals surface area contributed by atoms with Crippen molar-refractivity contribution in [3.8, 4) is 17.2 Å². The van der Waals surface area contributed by atoms with Gasteiger partial charge in [0.15, 0.2) is 34.9 Å². The summed E-state index contributed by atoms with van der Waals surface area (Å²) in [5.41, 5.74) is 0. The van der Waals surface area contributed by atoms with Gasteiger partial charge in [-0.2, -0.15) is 0 Å². The summed E-state index contributed by atoms with van der Waals surface area (Å²) in [6.45, 7) is 0. The molecule has 3 rings (SSSR count). The predicted molar refractivity (Wildman–Crippen MR) is 86.7 cm³/mol. The topological polar surface area (TPSA) is 27.7 Å². The van der Waals surface area contributed by atoms with E-state index in [9.17, 15) is 26.3 Å². The molecule has 0 unspecified atom stereocenters. The normalized spacial score (nSPS) is 10.5. The second-order valence-electron chi connectivity index (χ2n) is 5.37. The number of hydrogen-bond acceptors (Lipinski definition) is 3. The molecule has 10 heteroatoms. The van der Waals surface area contributed by atoms with E-state index in [0.717, 1.165) is 36.4 Å². The first-order valence-electron chi connectivity index (χ1n) is 7.67. The average molecular weight is 398 g/mol. The second kappa shape index (κ2) is 8.16. The molecular weight excluding hydrogens is 389 g/mol. The maximum absolute atomic E-state index is 13.4. The Balaban J connectivity index is 1.86. The summed E-state index contributed by atoms with van der Waals surface area (Å²) < 4.78 is 94.9. The fourth-order valence-electron chi connectivity index (χ4n) is 2.06. The van der Waals surface area contributed by atoms with Crippen molar-refractivity contribution in [1.82, 2.24) is 0 Å². The lowest BCUT2D eigenvalue weighted by molar-refractivity contribution is 0.304. The second-order valence-corrected chi connectivity index (χ2v) is 5.37. The van der Waals surface area contributed by atoms with Gasteiger partial charge in [0, 0.05) is 18.2 Å². The van der Waals surface area contributed by atoms with Gasteiger partial charge in [0.25, 0.3) is 0 Å². The van der Waals surface area contributed by atoms with Gasteiger partial charge in [-0.3, -0.25) is 0 Å². The molecule has 0 atom stereocenters. The van der Waals surface area contributed by atoms with E-state index in [1.54, 1.807) is 0 Å². The third-order valence-corrected chi connectivity index (χ3v) is 3.37. The molecule has 0 N–H and O–H groups in total. The summed E-state index contributed by atoms with van der Waals surface area (Å²) in [4.78, 5) is 0. The lowest BCUT2D eigenvalue weighted by atomic mass is 10.2. The minimum atomic E-state index is -1.76. The lowest BCUT2D eigenvalue weighted by Crippen LogP contribution is -2.37. The smallest absolute Gasteiger partial charge is 0.489 e. The number of halogens is 6. The predicted octanol–water partition coefficient (Wildman–Crippen LogP) is 5.04. The Morgan fingerprint density at radius 2 is 0.714 bits per heavy atom. The van der Waals surface area contributed by atoms with Crippen LogP contribution in [0, 0.1) is 34.9 Å². The summed E-state index contributed by atoms with van der Waals surface area (Å²) in [5, 5.41) is 0. The number of rotatable bonds is 6. The number of benzene rings is 3. The van der Waals surface area contributed by atoms with Crippen LogP contribution in [0.3, 0.4) is 0 Å². The zero-order chi connectivity index (χ0) is 20.3. The maximum atomic E-state index is 13.4. The van der Waals surface area contributed by atoms with Crippen molar-refractivity contribution in [3.05, 3.63) is 89.5 Å². The molecule has 3 aromatic rings. The quantitative estimate of drug-likeness (QED) is 0.430. The van der Waals surface area contributed by atoms with Crippen LogP contribution in [0.25, 0.3) is 0 Å². The monoisotopic (exact) mass is 398 g/mol. The molecule has 144 valence electrons. The molecular formula is C18H9BF6O3. The van der Waals surface area contributed by atoms with Crippen molar-refractivity contribution in [2.24, 2.45) is 0 Å². The van der Waals surface area contributed by atoms with Crippen molar-refractivity contribution in [2.75, 3.05) is 0 Å². The summed E-state index contributed by atoms with van der Waals surface area (Å²) in [7, 11) is -1.76. The fraction of sp³-hybridized carbons (Fsp3) is 0. The SMILES string of the molecule is Fc1ccc(OB(Oc2ccc(F)c(F)c2)Oc2ccc(F)c(F)c2)cc1F. The molecule has 0 spiro atoms. The van der Waals surface area contributed by atoms with Crippen molar-refractivity contribution in [3.63, 3.8) is 0 Å². The molecule has 0 heterocycles. The highest BCUT2D eigenvalue weighted by Crippen LogP contribution is 2.22. The standard InChI is InChI=1S/C18H9BF6O3/c20-13-4-1-10(7-16(13)23)26-19(27-11-2-5-14(21)17(24)8-11)28-12-3-6-15(22)18(25)9-12/h1-9H. The fourth-order valence-corrected chi connectivity index (χ4v) is 2.06. The van der Waals surface area contributed by atoms with Gasteiger partial charge in [-0.05, 0) is 36.4 Å². The highest BCUT2D eigenvalue weighted by Gasteiger charge is 2.31. The molecule has 0 aliphatic carbocycles. The van der Waals surface area contributed by atoms with Gasteiger partial charge >= 0.3 is 7.32 Å². The van der Waals surface area contributed by atoms with Crippen LogP contribution in [-0.2, 0) is 0 Å². The van der Waals surface area contributed by atoms with Crippen LogP contribution in [0.4, 0.5) is 26.3 Å². The highest BCUT2D eigenvalue weighted by molar-refractivity contribution is 6.39. The molecule has 0 radical (unpaired) electrons. The first-order valence-corrected chi connectivity index (χ1v) is 7.67. The van der Waals surface area contributed by atoms with Gasteiger partial charge in [0.1, 0.15) is 17.2 Å². The molecule has 0 aromatic heterocycles. The van der Waals surface area contributed by atoms with Gasteiger partial charge in [-0.1, -0.05) is 0 Å². The first-order chi connectivity index (χ1) is 13.3. The number of hydrogen-bond donors (Lipinski definition) is 0. The van der Waals surface area contributed by atoms with Gasteiger partial charge < -0.3 is 14.0 Å². The van der Waals surface area contributed by atoms with E-state index in [1.807, 2.05) is 0 Å². The largest absolute Gasteiger partial charge is 0.864 e.